The first-order valence-electron chi connectivity index (χ1n) is 7.65. The maximum atomic E-state index is 6.45. The van der Waals surface area contributed by atoms with Crippen LogP contribution < -0.4 is 5.32 Å². The number of rotatable bonds is 6. The highest BCUT2D eigenvalue weighted by atomic mass is 35.5. The van der Waals surface area contributed by atoms with Gasteiger partial charge >= 0.3 is 0 Å². The van der Waals surface area contributed by atoms with Gasteiger partial charge in [-0.05, 0) is 20.4 Å². The van der Waals surface area contributed by atoms with Gasteiger partial charge in [0.15, 0.2) is 0 Å². The third-order valence-electron chi connectivity index (χ3n) is 4.23. The van der Waals surface area contributed by atoms with Crippen LogP contribution in [0.15, 0.2) is 6.20 Å². The Morgan fingerprint density at radius 3 is 2.67 bits per heavy atom. The summed E-state index contributed by atoms with van der Waals surface area (Å²) in [5, 5.41) is 8.69. The predicted molar refractivity (Wildman–Crippen MR) is 83.8 cm³/mol. The molecule has 0 amide bonds. The number of halogens is 1. The molecular formula is C15H26ClN3O2. The fraction of sp³-hybridized carbons (Fsp3) is 0.800. The van der Waals surface area contributed by atoms with Crippen molar-refractivity contribution in [2.24, 2.45) is 0 Å². The quantitative estimate of drug-likeness (QED) is 0.877. The number of methoxy groups -OCH3 is 1. The molecule has 0 saturated carbocycles. The molecule has 0 aliphatic carbocycles. The summed E-state index contributed by atoms with van der Waals surface area (Å²) in [6.07, 6.45) is 3.42. The molecule has 1 atom stereocenters. The molecule has 2 heterocycles. The average Bonchev–Trinajstić information content (AvgIpc) is 2.87. The largest absolute Gasteiger partial charge is 0.381 e. The van der Waals surface area contributed by atoms with E-state index in [-0.39, 0.29) is 17.7 Å². The number of nitrogens with one attached hydrogen (secondary N) is 1. The van der Waals surface area contributed by atoms with E-state index in [0.29, 0.717) is 18.2 Å². The molecule has 1 aliphatic heterocycles. The van der Waals surface area contributed by atoms with Gasteiger partial charge < -0.3 is 14.8 Å². The van der Waals surface area contributed by atoms with Crippen molar-refractivity contribution >= 4 is 11.6 Å². The second kappa shape index (κ2) is 7.09. The van der Waals surface area contributed by atoms with Gasteiger partial charge in [0, 0.05) is 39.2 Å². The lowest BCUT2D eigenvalue weighted by molar-refractivity contribution is -0.112. The van der Waals surface area contributed by atoms with E-state index in [1.54, 1.807) is 13.3 Å². The van der Waals surface area contributed by atoms with Crippen LogP contribution in [0.4, 0.5) is 0 Å². The molecule has 1 saturated heterocycles. The zero-order chi connectivity index (χ0) is 15.5. The molecule has 1 fully saturated rings. The Labute approximate surface area is 131 Å². The summed E-state index contributed by atoms with van der Waals surface area (Å²) < 4.78 is 13.5. The summed E-state index contributed by atoms with van der Waals surface area (Å²) >= 11 is 6.45. The lowest BCUT2D eigenvalue weighted by Gasteiger charge is -2.43. The van der Waals surface area contributed by atoms with Crippen molar-refractivity contribution in [3.63, 3.8) is 0 Å². The number of aromatic nitrogens is 2. The van der Waals surface area contributed by atoms with Gasteiger partial charge in [-0.15, -0.1) is 0 Å². The molecule has 2 rings (SSSR count). The first kappa shape index (κ1) is 16.7. The molecule has 5 nitrogen and oxygen atoms in total. The number of likely N-dealkylation sites (N-methyl/N-ethyl adjacent to an activating group) is 1. The maximum absolute atomic E-state index is 6.45. The summed E-state index contributed by atoms with van der Waals surface area (Å²) in [4.78, 5) is 0. The topological polar surface area (TPSA) is 48.3 Å². The Kier molecular flexibility index (Phi) is 5.66. The van der Waals surface area contributed by atoms with Gasteiger partial charge in [-0.3, -0.25) is 4.68 Å². The SMILES string of the molecule is CCNC(c1c(Cl)cnn1C(C)C)C1(OC)CCOCC1. The Bertz CT molecular complexity index is 456. The minimum atomic E-state index is -0.301. The highest BCUT2D eigenvalue weighted by Gasteiger charge is 2.43. The third kappa shape index (κ3) is 3.26. The van der Waals surface area contributed by atoms with Crippen molar-refractivity contribution in [1.29, 1.82) is 0 Å². The zero-order valence-electron chi connectivity index (χ0n) is 13.4. The van der Waals surface area contributed by atoms with Crippen LogP contribution >= 0.6 is 11.6 Å². The second-order valence-electron chi connectivity index (χ2n) is 5.79. The summed E-state index contributed by atoms with van der Waals surface area (Å²) in [5.41, 5.74) is 0.710. The fourth-order valence-electron chi connectivity index (χ4n) is 3.10. The van der Waals surface area contributed by atoms with E-state index in [0.717, 1.165) is 25.1 Å². The summed E-state index contributed by atoms with van der Waals surface area (Å²) in [5.74, 6) is 0. The molecule has 21 heavy (non-hydrogen) atoms. The molecule has 1 N–H and O–H groups in total. The number of ether oxygens (including phenoxy) is 2. The van der Waals surface area contributed by atoms with Gasteiger partial charge in [-0.25, -0.2) is 0 Å². The van der Waals surface area contributed by atoms with Crippen LogP contribution in [0, 0.1) is 0 Å². The monoisotopic (exact) mass is 315 g/mol. The molecule has 0 bridgehead atoms. The van der Waals surface area contributed by atoms with Gasteiger partial charge in [0.2, 0.25) is 0 Å². The average molecular weight is 316 g/mol. The molecule has 0 spiro atoms. The maximum Gasteiger partial charge on any atom is 0.0932 e. The van der Waals surface area contributed by atoms with E-state index < -0.39 is 0 Å². The van der Waals surface area contributed by atoms with Gasteiger partial charge in [0.1, 0.15) is 0 Å². The molecular weight excluding hydrogens is 290 g/mol. The minimum Gasteiger partial charge on any atom is -0.381 e. The molecule has 1 aromatic heterocycles. The van der Waals surface area contributed by atoms with E-state index >= 15 is 0 Å². The highest BCUT2D eigenvalue weighted by Crippen LogP contribution is 2.40. The van der Waals surface area contributed by atoms with Crippen molar-refractivity contribution in [1.82, 2.24) is 15.1 Å². The van der Waals surface area contributed by atoms with Crippen LogP contribution in [0.1, 0.15) is 51.4 Å². The lowest BCUT2D eigenvalue weighted by Crippen LogP contribution is -2.50. The van der Waals surface area contributed by atoms with Crippen molar-refractivity contribution in [2.45, 2.75) is 51.3 Å². The zero-order valence-corrected chi connectivity index (χ0v) is 14.1. The number of nitrogens with zero attached hydrogens (tertiary/aromatic N) is 2. The number of hydrogen-bond donors (Lipinski definition) is 1. The minimum absolute atomic E-state index is 0.00815. The van der Waals surface area contributed by atoms with E-state index in [9.17, 15) is 0 Å². The van der Waals surface area contributed by atoms with Crippen LogP contribution in [-0.2, 0) is 9.47 Å². The van der Waals surface area contributed by atoms with Crippen LogP contribution in [0.2, 0.25) is 5.02 Å². The molecule has 120 valence electrons. The molecule has 6 heteroatoms. The molecule has 1 aromatic rings. The van der Waals surface area contributed by atoms with Crippen molar-refractivity contribution in [3.05, 3.63) is 16.9 Å². The van der Waals surface area contributed by atoms with Crippen molar-refractivity contribution in [2.75, 3.05) is 26.9 Å². The van der Waals surface area contributed by atoms with Gasteiger partial charge in [-0.2, -0.15) is 5.10 Å². The summed E-state index contributed by atoms with van der Waals surface area (Å²) in [7, 11) is 1.78. The second-order valence-corrected chi connectivity index (χ2v) is 6.20. The van der Waals surface area contributed by atoms with Crippen LogP contribution in [-0.4, -0.2) is 42.2 Å². The highest BCUT2D eigenvalue weighted by molar-refractivity contribution is 6.31. The van der Waals surface area contributed by atoms with E-state index in [1.807, 2.05) is 4.68 Å². The molecule has 1 aliphatic rings. The summed E-state index contributed by atoms with van der Waals surface area (Å²) in [6.45, 7) is 8.58. The fourth-order valence-corrected chi connectivity index (χ4v) is 3.34. The first-order valence-corrected chi connectivity index (χ1v) is 8.02. The Morgan fingerprint density at radius 1 is 1.48 bits per heavy atom. The molecule has 0 aromatic carbocycles. The van der Waals surface area contributed by atoms with Gasteiger partial charge in [0.25, 0.3) is 0 Å². The van der Waals surface area contributed by atoms with Crippen molar-refractivity contribution in [3.8, 4) is 0 Å². The number of hydrogen-bond acceptors (Lipinski definition) is 4. The van der Waals surface area contributed by atoms with E-state index in [2.05, 4.69) is 31.2 Å². The van der Waals surface area contributed by atoms with Crippen LogP contribution in [0.25, 0.3) is 0 Å². The molecule has 1 unspecified atom stereocenters. The Balaban J connectivity index is 2.45. The standard InChI is InChI=1S/C15H26ClN3O2/c1-5-17-14(15(20-4)6-8-21-9-7-15)13-12(16)10-18-19(13)11(2)3/h10-11,14,17H,5-9H2,1-4H3. The predicted octanol–water partition coefficient (Wildman–Crippen LogP) is 2.96. The Hall–Kier alpha value is -0.620. The molecule has 0 radical (unpaired) electrons. The van der Waals surface area contributed by atoms with Gasteiger partial charge in [0.05, 0.1) is 28.6 Å². The van der Waals surface area contributed by atoms with Crippen LogP contribution in [0.3, 0.4) is 0 Å². The van der Waals surface area contributed by atoms with Crippen molar-refractivity contribution < 1.29 is 9.47 Å². The van der Waals surface area contributed by atoms with Crippen LogP contribution in [0.5, 0.6) is 0 Å². The normalized spacial score (nSPS) is 19.9. The third-order valence-corrected chi connectivity index (χ3v) is 4.52. The summed E-state index contributed by atoms with van der Waals surface area (Å²) in [6, 6.07) is 0.260. The first-order chi connectivity index (χ1) is 10.1. The lowest BCUT2D eigenvalue weighted by atomic mass is 9.83. The smallest absolute Gasteiger partial charge is 0.0932 e. The van der Waals surface area contributed by atoms with E-state index in [1.165, 1.54) is 0 Å². The van der Waals surface area contributed by atoms with E-state index in [4.69, 9.17) is 21.1 Å². The van der Waals surface area contributed by atoms with Gasteiger partial charge in [-0.1, -0.05) is 18.5 Å². The Morgan fingerprint density at radius 2 is 2.14 bits per heavy atom.